The van der Waals surface area contributed by atoms with Gasteiger partial charge in [-0.15, -0.1) is 0 Å². The molecule has 0 unspecified atom stereocenters. The molecule has 0 aliphatic carbocycles. The van der Waals surface area contributed by atoms with Gasteiger partial charge in [0.2, 0.25) is 0 Å². The van der Waals surface area contributed by atoms with Gasteiger partial charge in [-0.3, -0.25) is 10.1 Å². The molecule has 0 aliphatic rings. The van der Waals surface area contributed by atoms with E-state index in [9.17, 15) is 9.59 Å². The van der Waals surface area contributed by atoms with Crippen LogP contribution in [0.15, 0.2) is 40.9 Å². The quantitative estimate of drug-likeness (QED) is 0.855. The standard InChI is InChI=1S/C16H17BrN2O3/c1-2-7-18-16(21)19-15(20)10-22-14-6-4-11-8-13(17)5-3-12(11)9-14/h3-6,8-9H,2,7,10H2,1H3,(H2,18,19,20,21). The summed E-state index contributed by atoms with van der Waals surface area (Å²) in [7, 11) is 0. The van der Waals surface area contributed by atoms with Gasteiger partial charge in [-0.05, 0) is 41.5 Å². The molecule has 2 aromatic carbocycles. The lowest BCUT2D eigenvalue weighted by Crippen LogP contribution is -2.41. The number of hydrogen-bond acceptors (Lipinski definition) is 3. The molecule has 0 heterocycles. The average Bonchev–Trinajstić information content (AvgIpc) is 2.50. The fourth-order valence-corrected chi connectivity index (χ4v) is 2.26. The number of fused-ring (bicyclic) bond motifs is 1. The molecule has 0 spiro atoms. The molecular formula is C16H17BrN2O3. The Labute approximate surface area is 137 Å². The molecule has 22 heavy (non-hydrogen) atoms. The summed E-state index contributed by atoms with van der Waals surface area (Å²) in [6.45, 7) is 2.26. The third kappa shape index (κ3) is 4.73. The van der Waals surface area contributed by atoms with Crippen LogP contribution in [0.4, 0.5) is 4.79 Å². The van der Waals surface area contributed by atoms with Gasteiger partial charge in [-0.25, -0.2) is 4.79 Å². The summed E-state index contributed by atoms with van der Waals surface area (Å²) in [5, 5.41) is 6.86. The number of urea groups is 1. The Hall–Kier alpha value is -2.08. The van der Waals surface area contributed by atoms with Gasteiger partial charge in [0.15, 0.2) is 6.61 Å². The van der Waals surface area contributed by atoms with Crippen LogP contribution in [0.5, 0.6) is 5.75 Å². The number of benzene rings is 2. The van der Waals surface area contributed by atoms with E-state index >= 15 is 0 Å². The van der Waals surface area contributed by atoms with Crippen molar-refractivity contribution in [2.45, 2.75) is 13.3 Å². The van der Waals surface area contributed by atoms with Crippen LogP contribution in [0.25, 0.3) is 10.8 Å². The first-order valence-corrected chi connectivity index (χ1v) is 7.77. The minimum atomic E-state index is -0.501. The largest absolute Gasteiger partial charge is 0.484 e. The van der Waals surface area contributed by atoms with Gasteiger partial charge in [-0.2, -0.15) is 0 Å². The maximum atomic E-state index is 11.6. The summed E-state index contributed by atoms with van der Waals surface area (Å²) >= 11 is 3.42. The van der Waals surface area contributed by atoms with E-state index in [1.54, 1.807) is 6.07 Å². The molecule has 0 aromatic heterocycles. The summed E-state index contributed by atoms with van der Waals surface area (Å²) < 4.78 is 6.41. The van der Waals surface area contributed by atoms with E-state index in [1.165, 1.54) is 0 Å². The van der Waals surface area contributed by atoms with E-state index in [1.807, 2.05) is 37.3 Å². The van der Waals surface area contributed by atoms with Gasteiger partial charge in [0.25, 0.3) is 5.91 Å². The first-order valence-electron chi connectivity index (χ1n) is 6.98. The topological polar surface area (TPSA) is 67.4 Å². The molecule has 2 rings (SSSR count). The number of carbonyl (C=O) groups excluding carboxylic acids is 2. The Morgan fingerprint density at radius 2 is 1.86 bits per heavy atom. The lowest BCUT2D eigenvalue weighted by Gasteiger charge is -2.08. The van der Waals surface area contributed by atoms with Gasteiger partial charge in [0.1, 0.15) is 5.75 Å². The van der Waals surface area contributed by atoms with E-state index < -0.39 is 11.9 Å². The molecule has 0 fully saturated rings. The van der Waals surface area contributed by atoms with Crippen molar-refractivity contribution in [1.29, 1.82) is 0 Å². The van der Waals surface area contributed by atoms with Crippen molar-refractivity contribution in [3.05, 3.63) is 40.9 Å². The molecule has 0 saturated carbocycles. The normalized spacial score (nSPS) is 10.3. The number of rotatable bonds is 5. The lowest BCUT2D eigenvalue weighted by molar-refractivity contribution is -0.122. The third-order valence-electron chi connectivity index (χ3n) is 2.93. The van der Waals surface area contributed by atoms with Gasteiger partial charge in [0, 0.05) is 11.0 Å². The fraction of sp³-hybridized carbons (Fsp3) is 0.250. The molecule has 6 heteroatoms. The van der Waals surface area contributed by atoms with Crippen LogP contribution in [0.2, 0.25) is 0 Å². The van der Waals surface area contributed by atoms with Crippen molar-refractivity contribution < 1.29 is 14.3 Å². The highest BCUT2D eigenvalue weighted by Crippen LogP contribution is 2.24. The predicted octanol–water partition coefficient (Wildman–Crippen LogP) is 3.22. The molecule has 0 aliphatic heterocycles. The van der Waals surface area contributed by atoms with Crippen molar-refractivity contribution >= 4 is 38.6 Å². The molecule has 3 amide bonds. The monoisotopic (exact) mass is 364 g/mol. The number of carbonyl (C=O) groups is 2. The summed E-state index contributed by atoms with van der Waals surface area (Å²) in [6.07, 6.45) is 0.811. The molecule has 116 valence electrons. The number of amides is 3. The van der Waals surface area contributed by atoms with E-state index in [2.05, 4.69) is 26.6 Å². The van der Waals surface area contributed by atoms with Crippen LogP contribution in [0.1, 0.15) is 13.3 Å². The maximum absolute atomic E-state index is 11.6. The molecule has 5 nitrogen and oxygen atoms in total. The molecule has 0 radical (unpaired) electrons. The Bertz CT molecular complexity index is 688. The third-order valence-corrected chi connectivity index (χ3v) is 3.43. The minimum Gasteiger partial charge on any atom is -0.484 e. The summed E-state index contributed by atoms with van der Waals surface area (Å²) in [4.78, 5) is 22.9. The average molecular weight is 365 g/mol. The highest BCUT2D eigenvalue weighted by Gasteiger charge is 2.08. The number of ether oxygens (including phenoxy) is 1. The van der Waals surface area contributed by atoms with Crippen molar-refractivity contribution in [2.75, 3.05) is 13.2 Å². The predicted molar refractivity (Wildman–Crippen MR) is 89.0 cm³/mol. The van der Waals surface area contributed by atoms with Crippen molar-refractivity contribution in [3.8, 4) is 5.75 Å². The molecule has 2 N–H and O–H groups in total. The Balaban J connectivity index is 1.90. The Morgan fingerprint density at radius 3 is 2.64 bits per heavy atom. The SMILES string of the molecule is CCCNC(=O)NC(=O)COc1ccc2cc(Br)ccc2c1. The van der Waals surface area contributed by atoms with Crippen molar-refractivity contribution in [3.63, 3.8) is 0 Å². The second kappa shape index (κ2) is 7.79. The minimum absolute atomic E-state index is 0.207. The van der Waals surface area contributed by atoms with E-state index in [4.69, 9.17) is 4.74 Å². The number of hydrogen-bond donors (Lipinski definition) is 2. The zero-order valence-corrected chi connectivity index (χ0v) is 13.8. The summed E-state index contributed by atoms with van der Waals surface area (Å²) in [5.41, 5.74) is 0. The molecule has 0 atom stereocenters. The summed E-state index contributed by atoms with van der Waals surface area (Å²) in [5.74, 6) is 0.100. The fourth-order valence-electron chi connectivity index (χ4n) is 1.88. The highest BCUT2D eigenvalue weighted by atomic mass is 79.9. The maximum Gasteiger partial charge on any atom is 0.321 e. The van der Waals surface area contributed by atoms with Crippen molar-refractivity contribution in [1.82, 2.24) is 10.6 Å². The van der Waals surface area contributed by atoms with Gasteiger partial charge >= 0.3 is 6.03 Å². The zero-order valence-electron chi connectivity index (χ0n) is 12.2. The lowest BCUT2D eigenvalue weighted by atomic mass is 10.1. The highest BCUT2D eigenvalue weighted by molar-refractivity contribution is 9.10. The Morgan fingerprint density at radius 1 is 1.14 bits per heavy atom. The van der Waals surface area contributed by atoms with Crippen LogP contribution < -0.4 is 15.4 Å². The first kappa shape index (κ1) is 16.3. The first-order chi connectivity index (χ1) is 10.6. The second-order valence-corrected chi connectivity index (χ2v) is 5.66. The molecule has 0 saturated heterocycles. The van der Waals surface area contributed by atoms with Crippen LogP contribution >= 0.6 is 15.9 Å². The molecule has 2 aromatic rings. The van der Waals surface area contributed by atoms with Crippen molar-refractivity contribution in [2.24, 2.45) is 0 Å². The Kier molecular flexibility index (Phi) is 5.77. The summed E-state index contributed by atoms with van der Waals surface area (Å²) in [6, 6.07) is 11.0. The number of imide groups is 1. The van der Waals surface area contributed by atoms with Crippen LogP contribution in [-0.4, -0.2) is 25.1 Å². The van der Waals surface area contributed by atoms with E-state index in [0.717, 1.165) is 21.7 Å². The van der Waals surface area contributed by atoms with Crippen LogP contribution in [0.3, 0.4) is 0 Å². The van der Waals surface area contributed by atoms with Gasteiger partial charge < -0.3 is 10.1 Å². The van der Waals surface area contributed by atoms with Gasteiger partial charge in [0.05, 0.1) is 0 Å². The molecular weight excluding hydrogens is 348 g/mol. The van der Waals surface area contributed by atoms with Crippen LogP contribution in [-0.2, 0) is 4.79 Å². The zero-order chi connectivity index (χ0) is 15.9. The van der Waals surface area contributed by atoms with Gasteiger partial charge in [-0.1, -0.05) is 35.0 Å². The van der Waals surface area contributed by atoms with E-state index in [0.29, 0.717) is 12.3 Å². The smallest absolute Gasteiger partial charge is 0.321 e. The number of nitrogens with one attached hydrogen (secondary N) is 2. The van der Waals surface area contributed by atoms with E-state index in [-0.39, 0.29) is 6.61 Å². The molecule has 0 bridgehead atoms. The number of halogens is 1. The second-order valence-electron chi connectivity index (χ2n) is 4.75. The van der Waals surface area contributed by atoms with Crippen LogP contribution in [0, 0.1) is 0 Å².